The standard InChI is InChI=1S/C20H22N4O5/c25-19(12-15-4-2-1-3-5-15)22-14-17-13-21-10-11-23(17)20(26)29-18-8-6-16(7-9-18)24(27)28/h1-9,17,21H,10-14H2,(H,22,25). The highest BCUT2D eigenvalue weighted by molar-refractivity contribution is 5.78. The van der Waals surface area contributed by atoms with Crippen molar-refractivity contribution in [2.24, 2.45) is 0 Å². The summed E-state index contributed by atoms with van der Waals surface area (Å²) in [6.45, 7) is 1.88. The van der Waals surface area contributed by atoms with E-state index in [4.69, 9.17) is 4.74 Å². The maximum absolute atomic E-state index is 12.6. The third-order valence-electron chi connectivity index (χ3n) is 4.58. The van der Waals surface area contributed by atoms with E-state index < -0.39 is 11.0 Å². The first-order chi connectivity index (χ1) is 14.0. The molecule has 1 saturated heterocycles. The zero-order chi connectivity index (χ0) is 20.6. The molecule has 2 aromatic carbocycles. The van der Waals surface area contributed by atoms with Gasteiger partial charge in [0.25, 0.3) is 5.69 Å². The number of nitrogens with one attached hydrogen (secondary N) is 2. The van der Waals surface area contributed by atoms with E-state index in [0.717, 1.165) is 5.56 Å². The minimum absolute atomic E-state index is 0.0778. The van der Waals surface area contributed by atoms with Crippen LogP contribution in [-0.4, -0.2) is 54.0 Å². The summed E-state index contributed by atoms with van der Waals surface area (Å²) in [5.74, 6) is 0.108. The quantitative estimate of drug-likeness (QED) is 0.566. The fourth-order valence-corrected chi connectivity index (χ4v) is 3.05. The molecule has 9 heteroatoms. The van der Waals surface area contributed by atoms with E-state index >= 15 is 0 Å². The Bertz CT molecular complexity index is 857. The van der Waals surface area contributed by atoms with E-state index in [1.807, 2.05) is 30.3 Å². The van der Waals surface area contributed by atoms with Crippen molar-refractivity contribution in [2.45, 2.75) is 12.5 Å². The Morgan fingerprint density at radius 3 is 2.59 bits per heavy atom. The van der Waals surface area contributed by atoms with E-state index in [1.54, 1.807) is 4.90 Å². The van der Waals surface area contributed by atoms with E-state index in [1.165, 1.54) is 24.3 Å². The van der Waals surface area contributed by atoms with Crippen LogP contribution in [0.5, 0.6) is 5.75 Å². The van der Waals surface area contributed by atoms with Crippen molar-refractivity contribution in [3.05, 3.63) is 70.3 Å². The summed E-state index contributed by atoms with van der Waals surface area (Å²) in [5.41, 5.74) is 0.840. The van der Waals surface area contributed by atoms with Crippen molar-refractivity contribution in [3.63, 3.8) is 0 Å². The first-order valence-corrected chi connectivity index (χ1v) is 9.27. The number of amides is 2. The third kappa shape index (κ3) is 5.76. The van der Waals surface area contributed by atoms with Gasteiger partial charge in [-0.25, -0.2) is 4.79 Å². The average molecular weight is 398 g/mol. The van der Waals surface area contributed by atoms with E-state index in [-0.39, 0.29) is 29.8 Å². The molecule has 2 amide bonds. The van der Waals surface area contributed by atoms with Crippen LogP contribution in [0.1, 0.15) is 5.56 Å². The molecule has 0 spiro atoms. The highest BCUT2D eigenvalue weighted by atomic mass is 16.6. The molecule has 2 N–H and O–H groups in total. The number of ether oxygens (including phenoxy) is 1. The second kappa shape index (κ2) is 9.65. The van der Waals surface area contributed by atoms with Gasteiger partial charge in [-0.2, -0.15) is 0 Å². The average Bonchev–Trinajstić information content (AvgIpc) is 2.73. The zero-order valence-electron chi connectivity index (χ0n) is 15.7. The Hall–Kier alpha value is -3.46. The van der Waals surface area contributed by atoms with Gasteiger partial charge in [0.05, 0.1) is 17.4 Å². The van der Waals surface area contributed by atoms with Gasteiger partial charge in [-0.15, -0.1) is 0 Å². The van der Waals surface area contributed by atoms with E-state index in [0.29, 0.717) is 26.2 Å². The predicted molar refractivity (Wildman–Crippen MR) is 106 cm³/mol. The lowest BCUT2D eigenvalue weighted by molar-refractivity contribution is -0.384. The molecular weight excluding hydrogens is 376 g/mol. The minimum Gasteiger partial charge on any atom is -0.410 e. The molecule has 1 heterocycles. The molecule has 1 atom stereocenters. The molecule has 152 valence electrons. The number of hydrogen-bond donors (Lipinski definition) is 2. The van der Waals surface area contributed by atoms with E-state index in [9.17, 15) is 19.7 Å². The molecule has 0 aliphatic carbocycles. The van der Waals surface area contributed by atoms with Gasteiger partial charge in [0.15, 0.2) is 0 Å². The van der Waals surface area contributed by atoms with Crippen LogP contribution in [0.25, 0.3) is 0 Å². The summed E-state index contributed by atoms with van der Waals surface area (Å²) < 4.78 is 5.35. The lowest BCUT2D eigenvalue weighted by Gasteiger charge is -2.35. The lowest BCUT2D eigenvalue weighted by Crippen LogP contribution is -2.58. The second-order valence-electron chi connectivity index (χ2n) is 6.64. The van der Waals surface area contributed by atoms with Crippen LogP contribution in [0.2, 0.25) is 0 Å². The van der Waals surface area contributed by atoms with Crippen LogP contribution in [0.3, 0.4) is 0 Å². The SMILES string of the molecule is O=C(Cc1ccccc1)NCC1CNCCN1C(=O)Oc1ccc([N+](=O)[O-])cc1. The summed E-state index contributed by atoms with van der Waals surface area (Å²) >= 11 is 0. The number of nitro groups is 1. The molecule has 0 radical (unpaired) electrons. The largest absolute Gasteiger partial charge is 0.415 e. The topological polar surface area (TPSA) is 114 Å². The Labute approximate surface area is 167 Å². The molecule has 1 unspecified atom stereocenters. The summed E-state index contributed by atoms with van der Waals surface area (Å²) in [6, 6.07) is 14.5. The van der Waals surface area contributed by atoms with Crippen molar-refractivity contribution in [1.29, 1.82) is 0 Å². The molecule has 2 aromatic rings. The first kappa shape index (κ1) is 20.3. The zero-order valence-corrected chi connectivity index (χ0v) is 15.7. The monoisotopic (exact) mass is 398 g/mol. The van der Waals surface area contributed by atoms with Gasteiger partial charge in [-0.05, 0) is 17.7 Å². The van der Waals surface area contributed by atoms with E-state index in [2.05, 4.69) is 10.6 Å². The van der Waals surface area contributed by atoms with Crippen LogP contribution in [0, 0.1) is 10.1 Å². The maximum Gasteiger partial charge on any atom is 0.415 e. The van der Waals surface area contributed by atoms with Crippen LogP contribution in [0.15, 0.2) is 54.6 Å². The fraction of sp³-hybridized carbons (Fsp3) is 0.300. The molecule has 0 bridgehead atoms. The van der Waals surface area contributed by atoms with Crippen molar-refractivity contribution < 1.29 is 19.2 Å². The number of non-ortho nitro benzene ring substituents is 1. The minimum atomic E-state index is -0.553. The smallest absolute Gasteiger partial charge is 0.410 e. The summed E-state index contributed by atoms with van der Waals surface area (Å²) in [7, 11) is 0. The van der Waals surface area contributed by atoms with Gasteiger partial charge in [0.2, 0.25) is 5.91 Å². The molecule has 29 heavy (non-hydrogen) atoms. The van der Waals surface area contributed by atoms with Crippen molar-refractivity contribution >= 4 is 17.7 Å². The fourth-order valence-electron chi connectivity index (χ4n) is 3.05. The Balaban J connectivity index is 1.54. The van der Waals surface area contributed by atoms with Crippen LogP contribution in [0.4, 0.5) is 10.5 Å². The number of nitrogens with zero attached hydrogens (tertiary/aromatic N) is 2. The molecule has 1 aliphatic rings. The van der Waals surface area contributed by atoms with Gasteiger partial charge in [-0.3, -0.25) is 14.9 Å². The summed E-state index contributed by atoms with van der Waals surface area (Å²) in [6.07, 6.45) is -0.281. The van der Waals surface area contributed by atoms with Crippen LogP contribution < -0.4 is 15.4 Å². The Morgan fingerprint density at radius 1 is 1.17 bits per heavy atom. The highest BCUT2D eigenvalue weighted by Gasteiger charge is 2.28. The van der Waals surface area contributed by atoms with Crippen molar-refractivity contribution in [3.8, 4) is 5.75 Å². The molecule has 1 fully saturated rings. The highest BCUT2D eigenvalue weighted by Crippen LogP contribution is 2.18. The second-order valence-corrected chi connectivity index (χ2v) is 6.64. The Morgan fingerprint density at radius 2 is 1.90 bits per heavy atom. The summed E-state index contributed by atoms with van der Waals surface area (Å²) in [4.78, 5) is 36.5. The predicted octanol–water partition coefficient (Wildman–Crippen LogP) is 1.73. The number of carbonyl (C=O) groups excluding carboxylic acids is 2. The molecule has 0 aromatic heterocycles. The molecular formula is C20H22N4O5. The van der Waals surface area contributed by atoms with Gasteiger partial charge >= 0.3 is 6.09 Å². The van der Waals surface area contributed by atoms with Crippen LogP contribution >= 0.6 is 0 Å². The van der Waals surface area contributed by atoms with Crippen molar-refractivity contribution in [1.82, 2.24) is 15.5 Å². The number of piperazine rings is 1. The molecule has 0 saturated carbocycles. The maximum atomic E-state index is 12.6. The molecule has 3 rings (SSSR count). The number of nitro benzene ring substituents is 1. The molecule has 1 aliphatic heterocycles. The summed E-state index contributed by atoms with van der Waals surface area (Å²) in [5, 5.41) is 16.8. The number of benzene rings is 2. The Kier molecular flexibility index (Phi) is 6.75. The van der Waals surface area contributed by atoms with Gasteiger partial charge in [0, 0.05) is 38.3 Å². The van der Waals surface area contributed by atoms with Gasteiger partial charge in [-0.1, -0.05) is 30.3 Å². The number of carbonyl (C=O) groups is 2. The van der Waals surface area contributed by atoms with Crippen LogP contribution in [-0.2, 0) is 11.2 Å². The first-order valence-electron chi connectivity index (χ1n) is 9.27. The van der Waals surface area contributed by atoms with Gasteiger partial charge < -0.3 is 20.3 Å². The molecule has 9 nitrogen and oxygen atoms in total. The van der Waals surface area contributed by atoms with Crippen molar-refractivity contribution in [2.75, 3.05) is 26.2 Å². The van der Waals surface area contributed by atoms with Gasteiger partial charge in [0.1, 0.15) is 5.75 Å². The lowest BCUT2D eigenvalue weighted by atomic mass is 10.1. The third-order valence-corrected chi connectivity index (χ3v) is 4.58. The normalized spacial score (nSPS) is 16.1. The number of rotatable bonds is 6. The number of hydrogen-bond acceptors (Lipinski definition) is 6.